The standard InChI is InChI=1S/C25H25N3/c1-19-27(24-18-9-8-17-23(24)20-13-10-14-20)25(21-11-4-2-5-12-21)26-28(19)22-15-6-3-7-16-22/h2-9,11-12,15-20H,10,13-14H2,1H3. The molecule has 0 bridgehead atoms. The zero-order valence-corrected chi connectivity index (χ0v) is 16.2. The quantitative estimate of drug-likeness (QED) is 0.564. The molecule has 0 saturated heterocycles. The Balaban J connectivity index is 1.63. The summed E-state index contributed by atoms with van der Waals surface area (Å²) in [6.07, 6.45) is 4.03. The van der Waals surface area contributed by atoms with Crippen LogP contribution in [0.4, 0.5) is 11.4 Å². The molecule has 5 rings (SSSR count). The Kier molecular flexibility index (Phi) is 4.36. The highest BCUT2D eigenvalue weighted by atomic mass is 15.6. The van der Waals surface area contributed by atoms with E-state index in [0.29, 0.717) is 5.92 Å². The van der Waals surface area contributed by atoms with Crippen LogP contribution in [-0.2, 0) is 0 Å². The SMILES string of the molecule is CC1N(c2ccccc2)N=C(c2ccccc2)N1c1ccccc1C1CCC1. The molecule has 1 atom stereocenters. The molecule has 1 aliphatic carbocycles. The fourth-order valence-electron chi connectivity index (χ4n) is 4.25. The van der Waals surface area contributed by atoms with Gasteiger partial charge >= 0.3 is 0 Å². The van der Waals surface area contributed by atoms with Gasteiger partial charge in [0, 0.05) is 11.3 Å². The Morgan fingerprint density at radius 2 is 1.43 bits per heavy atom. The van der Waals surface area contributed by atoms with Crippen molar-refractivity contribution in [3.63, 3.8) is 0 Å². The molecule has 0 amide bonds. The highest BCUT2D eigenvalue weighted by Crippen LogP contribution is 2.43. The molecule has 3 aromatic carbocycles. The molecule has 0 N–H and O–H groups in total. The van der Waals surface area contributed by atoms with Gasteiger partial charge in [0.1, 0.15) is 6.17 Å². The second-order valence-corrected chi connectivity index (χ2v) is 7.66. The average Bonchev–Trinajstić information content (AvgIpc) is 3.06. The van der Waals surface area contributed by atoms with Crippen LogP contribution in [0.2, 0.25) is 0 Å². The molecule has 3 heteroatoms. The molecule has 28 heavy (non-hydrogen) atoms. The first-order chi connectivity index (χ1) is 13.8. The lowest BCUT2D eigenvalue weighted by Crippen LogP contribution is -2.41. The predicted molar refractivity (Wildman–Crippen MR) is 117 cm³/mol. The Labute approximate surface area is 166 Å². The second-order valence-electron chi connectivity index (χ2n) is 7.66. The molecular formula is C25H25N3. The predicted octanol–water partition coefficient (Wildman–Crippen LogP) is 5.99. The van der Waals surface area contributed by atoms with Gasteiger partial charge in [-0.05, 0) is 49.4 Å². The van der Waals surface area contributed by atoms with Crippen LogP contribution >= 0.6 is 0 Å². The minimum absolute atomic E-state index is 0.110. The van der Waals surface area contributed by atoms with Crippen molar-refractivity contribution in [3.05, 3.63) is 96.1 Å². The van der Waals surface area contributed by atoms with Crippen LogP contribution in [0.1, 0.15) is 43.2 Å². The number of rotatable bonds is 4. The van der Waals surface area contributed by atoms with Crippen LogP contribution in [0, 0.1) is 0 Å². The molecule has 2 aliphatic rings. The van der Waals surface area contributed by atoms with Crippen molar-refractivity contribution in [2.24, 2.45) is 5.10 Å². The largest absolute Gasteiger partial charge is 0.302 e. The molecule has 1 unspecified atom stereocenters. The molecule has 1 saturated carbocycles. The molecule has 0 aromatic heterocycles. The number of anilines is 2. The van der Waals surface area contributed by atoms with E-state index in [1.165, 1.54) is 30.5 Å². The lowest BCUT2D eigenvalue weighted by molar-refractivity contribution is 0.420. The number of hydrazone groups is 1. The molecule has 3 nitrogen and oxygen atoms in total. The number of amidine groups is 1. The van der Waals surface area contributed by atoms with Gasteiger partial charge < -0.3 is 4.90 Å². The van der Waals surface area contributed by atoms with Crippen LogP contribution in [-0.4, -0.2) is 12.0 Å². The number of hydrogen-bond acceptors (Lipinski definition) is 3. The summed E-state index contributed by atoms with van der Waals surface area (Å²) in [7, 11) is 0. The summed E-state index contributed by atoms with van der Waals surface area (Å²) in [5.41, 5.74) is 5.02. The van der Waals surface area contributed by atoms with E-state index in [1.54, 1.807) is 0 Å². The fraction of sp³-hybridized carbons (Fsp3) is 0.240. The maximum absolute atomic E-state index is 5.09. The van der Waals surface area contributed by atoms with Crippen molar-refractivity contribution < 1.29 is 0 Å². The number of benzene rings is 3. The van der Waals surface area contributed by atoms with Gasteiger partial charge in [0.15, 0.2) is 5.84 Å². The summed E-state index contributed by atoms with van der Waals surface area (Å²) in [6, 6.07) is 29.9. The Hall–Kier alpha value is -3.07. The van der Waals surface area contributed by atoms with Crippen molar-refractivity contribution in [1.82, 2.24) is 0 Å². The molecule has 0 radical (unpaired) electrons. The van der Waals surface area contributed by atoms with E-state index in [0.717, 1.165) is 17.1 Å². The third-order valence-electron chi connectivity index (χ3n) is 5.95. The van der Waals surface area contributed by atoms with E-state index in [1.807, 2.05) is 0 Å². The normalized spacial score (nSPS) is 19.5. The number of nitrogens with zero attached hydrogens (tertiary/aromatic N) is 3. The molecule has 1 aliphatic heterocycles. The smallest absolute Gasteiger partial charge is 0.162 e. The summed E-state index contributed by atoms with van der Waals surface area (Å²) in [5.74, 6) is 1.69. The first-order valence-electron chi connectivity index (χ1n) is 10.2. The number of para-hydroxylation sites is 2. The van der Waals surface area contributed by atoms with E-state index < -0.39 is 0 Å². The van der Waals surface area contributed by atoms with Crippen LogP contribution in [0.15, 0.2) is 90.0 Å². The van der Waals surface area contributed by atoms with Crippen LogP contribution < -0.4 is 9.91 Å². The Bertz CT molecular complexity index is 977. The van der Waals surface area contributed by atoms with Crippen LogP contribution in [0.5, 0.6) is 0 Å². The Morgan fingerprint density at radius 3 is 2.11 bits per heavy atom. The van der Waals surface area contributed by atoms with Gasteiger partial charge in [-0.1, -0.05) is 73.2 Å². The van der Waals surface area contributed by atoms with E-state index in [-0.39, 0.29) is 6.17 Å². The van der Waals surface area contributed by atoms with E-state index in [2.05, 4.69) is 102 Å². The van der Waals surface area contributed by atoms with Gasteiger partial charge in [-0.3, -0.25) is 0 Å². The minimum Gasteiger partial charge on any atom is -0.302 e. The molecule has 1 heterocycles. The average molecular weight is 367 g/mol. The van der Waals surface area contributed by atoms with E-state index in [9.17, 15) is 0 Å². The lowest BCUT2D eigenvalue weighted by Gasteiger charge is -2.34. The van der Waals surface area contributed by atoms with Crippen molar-refractivity contribution >= 4 is 17.2 Å². The zero-order valence-electron chi connectivity index (χ0n) is 16.2. The van der Waals surface area contributed by atoms with Gasteiger partial charge in [-0.15, -0.1) is 0 Å². The second kappa shape index (κ2) is 7.16. The molecular weight excluding hydrogens is 342 g/mol. The van der Waals surface area contributed by atoms with E-state index in [4.69, 9.17) is 5.10 Å². The fourth-order valence-corrected chi connectivity index (χ4v) is 4.25. The topological polar surface area (TPSA) is 18.8 Å². The van der Waals surface area contributed by atoms with Gasteiger partial charge in [0.2, 0.25) is 0 Å². The first kappa shape index (κ1) is 17.1. The summed E-state index contributed by atoms with van der Waals surface area (Å²) >= 11 is 0. The van der Waals surface area contributed by atoms with Gasteiger partial charge in [0.05, 0.1) is 5.69 Å². The molecule has 140 valence electrons. The Morgan fingerprint density at radius 1 is 0.786 bits per heavy atom. The highest BCUT2D eigenvalue weighted by Gasteiger charge is 2.36. The molecule has 1 fully saturated rings. The van der Waals surface area contributed by atoms with Gasteiger partial charge in [0.25, 0.3) is 0 Å². The summed E-state index contributed by atoms with van der Waals surface area (Å²) in [6.45, 7) is 2.24. The number of hydrogen-bond donors (Lipinski definition) is 0. The molecule has 0 spiro atoms. The monoisotopic (exact) mass is 367 g/mol. The van der Waals surface area contributed by atoms with Crippen molar-refractivity contribution in [2.75, 3.05) is 9.91 Å². The molecule has 3 aromatic rings. The van der Waals surface area contributed by atoms with Gasteiger partial charge in [-0.2, -0.15) is 5.10 Å². The highest BCUT2D eigenvalue weighted by molar-refractivity contribution is 6.12. The van der Waals surface area contributed by atoms with Crippen LogP contribution in [0.3, 0.4) is 0 Å². The summed E-state index contributed by atoms with van der Waals surface area (Å²) in [4.78, 5) is 2.41. The lowest BCUT2D eigenvalue weighted by atomic mass is 9.79. The zero-order chi connectivity index (χ0) is 18.9. The van der Waals surface area contributed by atoms with Gasteiger partial charge in [-0.25, -0.2) is 5.01 Å². The maximum atomic E-state index is 5.09. The third-order valence-corrected chi connectivity index (χ3v) is 5.95. The third kappa shape index (κ3) is 2.88. The maximum Gasteiger partial charge on any atom is 0.162 e. The van der Waals surface area contributed by atoms with E-state index >= 15 is 0 Å². The van der Waals surface area contributed by atoms with Crippen molar-refractivity contribution in [1.29, 1.82) is 0 Å². The summed E-state index contributed by atoms with van der Waals surface area (Å²) < 4.78 is 0. The summed E-state index contributed by atoms with van der Waals surface area (Å²) in [5, 5.41) is 7.23. The minimum atomic E-state index is 0.110. The van der Waals surface area contributed by atoms with Crippen LogP contribution in [0.25, 0.3) is 0 Å². The van der Waals surface area contributed by atoms with Crippen molar-refractivity contribution in [3.8, 4) is 0 Å². The van der Waals surface area contributed by atoms with Crippen molar-refractivity contribution in [2.45, 2.75) is 38.3 Å². The first-order valence-corrected chi connectivity index (χ1v) is 10.2.